The van der Waals surface area contributed by atoms with Crippen molar-refractivity contribution < 1.29 is 22.6 Å². The smallest absolute Gasteiger partial charge is 0.496 e. The average molecular weight is 220 g/mol. The summed E-state index contributed by atoms with van der Waals surface area (Å²) in [6, 6.07) is 4.06. The van der Waals surface area contributed by atoms with Crippen molar-refractivity contribution in [1.82, 2.24) is 0 Å². The molecule has 1 aromatic carbocycles. The minimum Gasteiger partial charge on any atom is -0.496 e. The Hall–Kier alpha value is -1.39. The van der Waals surface area contributed by atoms with E-state index in [1.807, 2.05) is 6.92 Å². The van der Waals surface area contributed by atoms with Crippen LogP contribution in [0.25, 0.3) is 0 Å². The summed E-state index contributed by atoms with van der Waals surface area (Å²) in [6.45, 7) is 1.89. The Morgan fingerprint density at radius 2 is 1.93 bits per heavy atom. The Kier molecular flexibility index (Phi) is 3.44. The molecule has 0 aliphatic carbocycles. The Morgan fingerprint density at radius 1 is 1.27 bits per heavy atom. The van der Waals surface area contributed by atoms with Crippen LogP contribution >= 0.6 is 0 Å². The molecule has 0 atom stereocenters. The molecular weight excluding hydrogens is 209 g/mol. The molecule has 0 N–H and O–H groups in total. The van der Waals surface area contributed by atoms with Crippen LogP contribution in [0.2, 0.25) is 0 Å². The summed E-state index contributed by atoms with van der Waals surface area (Å²) < 4.78 is 44.4. The van der Waals surface area contributed by atoms with Crippen LogP contribution in [0.4, 0.5) is 13.2 Å². The third-order valence-electron chi connectivity index (χ3n) is 1.87. The van der Waals surface area contributed by atoms with Crippen LogP contribution in [0, 0.1) is 0 Å². The largest absolute Gasteiger partial charge is 0.573 e. The fourth-order valence-corrected chi connectivity index (χ4v) is 1.21. The Balaban J connectivity index is 2.93. The third kappa shape index (κ3) is 3.34. The van der Waals surface area contributed by atoms with Crippen molar-refractivity contribution in [3.63, 3.8) is 0 Å². The van der Waals surface area contributed by atoms with Gasteiger partial charge < -0.3 is 9.47 Å². The lowest BCUT2D eigenvalue weighted by Gasteiger charge is -2.11. The fraction of sp³-hybridized carbons (Fsp3) is 0.400. The molecular formula is C10H11F3O2. The number of benzene rings is 1. The number of alkyl halides is 3. The zero-order valence-corrected chi connectivity index (χ0v) is 8.39. The van der Waals surface area contributed by atoms with Crippen molar-refractivity contribution >= 4 is 0 Å². The highest BCUT2D eigenvalue weighted by Crippen LogP contribution is 2.29. The van der Waals surface area contributed by atoms with Crippen molar-refractivity contribution in [2.75, 3.05) is 7.11 Å². The van der Waals surface area contributed by atoms with E-state index in [9.17, 15) is 13.2 Å². The highest BCUT2D eigenvalue weighted by atomic mass is 19.4. The van der Waals surface area contributed by atoms with Gasteiger partial charge in [0.1, 0.15) is 11.5 Å². The van der Waals surface area contributed by atoms with Crippen LogP contribution in [0.3, 0.4) is 0 Å². The van der Waals surface area contributed by atoms with Crippen LogP contribution in [0.5, 0.6) is 11.5 Å². The van der Waals surface area contributed by atoms with Gasteiger partial charge >= 0.3 is 6.36 Å². The maximum absolute atomic E-state index is 11.9. The molecule has 0 aliphatic rings. The molecule has 0 amide bonds. The molecule has 15 heavy (non-hydrogen) atoms. The van der Waals surface area contributed by atoms with Gasteiger partial charge in [-0.25, -0.2) is 0 Å². The van der Waals surface area contributed by atoms with E-state index in [1.165, 1.54) is 19.2 Å². The van der Waals surface area contributed by atoms with Crippen molar-refractivity contribution in [2.45, 2.75) is 19.7 Å². The van der Waals surface area contributed by atoms with E-state index in [4.69, 9.17) is 4.74 Å². The molecule has 2 nitrogen and oxygen atoms in total. The van der Waals surface area contributed by atoms with Crippen molar-refractivity contribution in [3.8, 4) is 11.5 Å². The van der Waals surface area contributed by atoms with Gasteiger partial charge in [-0.15, -0.1) is 13.2 Å². The molecule has 84 valence electrons. The van der Waals surface area contributed by atoms with E-state index in [0.717, 1.165) is 5.56 Å². The van der Waals surface area contributed by atoms with Gasteiger partial charge in [-0.05, 0) is 18.1 Å². The topological polar surface area (TPSA) is 18.5 Å². The molecule has 0 bridgehead atoms. The van der Waals surface area contributed by atoms with Gasteiger partial charge in [-0.1, -0.05) is 13.0 Å². The molecule has 1 aromatic rings. The molecule has 0 aromatic heterocycles. The predicted octanol–water partition coefficient (Wildman–Crippen LogP) is 3.16. The molecule has 0 aliphatic heterocycles. The number of ether oxygens (including phenoxy) is 2. The third-order valence-corrected chi connectivity index (χ3v) is 1.87. The van der Waals surface area contributed by atoms with E-state index in [0.29, 0.717) is 12.2 Å². The number of methoxy groups -OCH3 is 1. The summed E-state index contributed by atoms with van der Waals surface area (Å²) in [5, 5.41) is 0. The van der Waals surface area contributed by atoms with Crippen molar-refractivity contribution in [1.29, 1.82) is 0 Å². The first-order chi connectivity index (χ1) is 6.96. The van der Waals surface area contributed by atoms with E-state index >= 15 is 0 Å². The van der Waals surface area contributed by atoms with Crippen LogP contribution in [0.15, 0.2) is 18.2 Å². The van der Waals surface area contributed by atoms with Gasteiger partial charge in [-0.2, -0.15) is 0 Å². The SMILES string of the molecule is CCc1ccc(OC(F)(F)F)cc1OC. The summed E-state index contributed by atoms with van der Waals surface area (Å²) in [7, 11) is 1.41. The summed E-state index contributed by atoms with van der Waals surface area (Å²) >= 11 is 0. The number of aryl methyl sites for hydroxylation is 1. The Labute approximate surface area is 85.6 Å². The number of rotatable bonds is 3. The first kappa shape index (κ1) is 11.7. The van der Waals surface area contributed by atoms with Gasteiger partial charge in [0.25, 0.3) is 0 Å². The molecule has 0 fully saturated rings. The highest BCUT2D eigenvalue weighted by molar-refractivity contribution is 5.40. The highest BCUT2D eigenvalue weighted by Gasteiger charge is 2.31. The van der Waals surface area contributed by atoms with E-state index in [-0.39, 0.29) is 5.75 Å². The molecule has 0 saturated carbocycles. The van der Waals surface area contributed by atoms with Gasteiger partial charge in [0.2, 0.25) is 0 Å². The summed E-state index contributed by atoms with van der Waals surface area (Å²) in [5.41, 5.74) is 0.840. The number of halogens is 3. The first-order valence-corrected chi connectivity index (χ1v) is 4.39. The lowest BCUT2D eigenvalue weighted by atomic mass is 10.1. The van der Waals surface area contributed by atoms with E-state index < -0.39 is 6.36 Å². The maximum atomic E-state index is 11.9. The summed E-state index contributed by atoms with van der Waals surface area (Å²) in [4.78, 5) is 0. The minimum absolute atomic E-state index is 0.267. The lowest BCUT2D eigenvalue weighted by molar-refractivity contribution is -0.274. The van der Waals surface area contributed by atoms with E-state index in [1.54, 1.807) is 6.07 Å². The lowest BCUT2D eigenvalue weighted by Crippen LogP contribution is -2.17. The molecule has 0 heterocycles. The number of hydrogen-bond acceptors (Lipinski definition) is 2. The van der Waals surface area contributed by atoms with E-state index in [2.05, 4.69) is 4.74 Å². The second-order valence-corrected chi connectivity index (χ2v) is 2.88. The normalized spacial score (nSPS) is 11.3. The summed E-state index contributed by atoms with van der Waals surface area (Å²) in [6.07, 6.45) is -3.98. The molecule has 0 saturated heterocycles. The summed E-state index contributed by atoms with van der Waals surface area (Å²) in [5.74, 6) is 0.135. The molecule has 1 rings (SSSR count). The molecule has 0 unspecified atom stereocenters. The Morgan fingerprint density at radius 3 is 2.40 bits per heavy atom. The Bertz CT molecular complexity index is 334. The molecule has 0 spiro atoms. The predicted molar refractivity (Wildman–Crippen MR) is 49.1 cm³/mol. The van der Waals surface area contributed by atoms with Gasteiger partial charge in [0.05, 0.1) is 7.11 Å². The molecule has 0 radical (unpaired) electrons. The monoisotopic (exact) mass is 220 g/mol. The zero-order chi connectivity index (χ0) is 11.5. The van der Waals surface area contributed by atoms with Crippen molar-refractivity contribution in [2.24, 2.45) is 0 Å². The maximum Gasteiger partial charge on any atom is 0.573 e. The van der Waals surface area contributed by atoms with Crippen molar-refractivity contribution in [3.05, 3.63) is 23.8 Å². The second kappa shape index (κ2) is 4.42. The molecule has 5 heteroatoms. The van der Waals surface area contributed by atoms with Gasteiger partial charge in [0, 0.05) is 6.07 Å². The van der Waals surface area contributed by atoms with Crippen LogP contribution in [-0.2, 0) is 6.42 Å². The quantitative estimate of drug-likeness (QED) is 0.779. The number of hydrogen-bond donors (Lipinski definition) is 0. The minimum atomic E-state index is -4.67. The standard InChI is InChI=1S/C10H11F3O2/c1-3-7-4-5-8(6-9(7)14-2)15-10(11,12)13/h4-6H,3H2,1-2H3. The average Bonchev–Trinajstić information content (AvgIpc) is 2.15. The van der Waals surface area contributed by atoms with Crippen LogP contribution in [-0.4, -0.2) is 13.5 Å². The first-order valence-electron chi connectivity index (χ1n) is 4.39. The second-order valence-electron chi connectivity index (χ2n) is 2.88. The zero-order valence-electron chi connectivity index (χ0n) is 8.39. The van der Waals surface area contributed by atoms with Gasteiger partial charge in [0.15, 0.2) is 0 Å². The van der Waals surface area contributed by atoms with Gasteiger partial charge in [-0.3, -0.25) is 0 Å². The van der Waals surface area contributed by atoms with Crippen LogP contribution < -0.4 is 9.47 Å². The van der Waals surface area contributed by atoms with Crippen LogP contribution in [0.1, 0.15) is 12.5 Å². The fourth-order valence-electron chi connectivity index (χ4n) is 1.21.